The molecule has 0 nitrogen and oxygen atoms in total. The molecule has 0 atom stereocenters. The third-order valence-corrected chi connectivity index (χ3v) is 6.71. The molecule has 0 radical (unpaired) electrons. The van der Waals surface area contributed by atoms with Gasteiger partial charge in [-0.15, -0.1) is 0 Å². The van der Waals surface area contributed by atoms with Crippen LogP contribution in [0.5, 0.6) is 0 Å². The molecule has 0 aliphatic heterocycles. The molecule has 0 bridgehead atoms. The second-order valence-corrected chi connectivity index (χ2v) is 9.14. The average Bonchev–Trinajstić information content (AvgIpc) is 2.98. The number of hydrogen-bond donors (Lipinski definition) is 0. The van der Waals surface area contributed by atoms with Gasteiger partial charge in [0.1, 0.15) is 0 Å². The van der Waals surface area contributed by atoms with Crippen LogP contribution in [0, 0.1) is 0 Å². The van der Waals surface area contributed by atoms with E-state index in [0.29, 0.717) is 0 Å². The van der Waals surface area contributed by atoms with Crippen molar-refractivity contribution < 1.29 is 0 Å². The minimum Gasteiger partial charge on any atom is -0.0843 e. The zero-order valence-electron chi connectivity index (χ0n) is 15.9. The van der Waals surface area contributed by atoms with Crippen LogP contribution >= 0.6 is 27.5 Å². The van der Waals surface area contributed by atoms with Gasteiger partial charge in [-0.1, -0.05) is 100 Å². The SMILES string of the molecule is Clc1ccc2c(c1)C(Cc1ccccc1)(Cc1ccccc1)c1cc(Br)ccc1-2. The highest BCUT2D eigenvalue weighted by Crippen LogP contribution is 2.53. The summed E-state index contributed by atoms with van der Waals surface area (Å²) in [4.78, 5) is 0. The molecule has 4 aromatic rings. The second-order valence-electron chi connectivity index (χ2n) is 7.79. The van der Waals surface area contributed by atoms with Crippen molar-refractivity contribution in [1.29, 1.82) is 0 Å². The Morgan fingerprint density at radius 3 is 1.72 bits per heavy atom. The van der Waals surface area contributed by atoms with E-state index >= 15 is 0 Å². The fraction of sp³-hybridized carbons (Fsp3) is 0.111. The lowest BCUT2D eigenvalue weighted by molar-refractivity contribution is 0.520. The van der Waals surface area contributed by atoms with Crippen LogP contribution in [-0.4, -0.2) is 0 Å². The van der Waals surface area contributed by atoms with E-state index in [4.69, 9.17) is 11.6 Å². The van der Waals surface area contributed by atoms with Gasteiger partial charge in [-0.3, -0.25) is 0 Å². The summed E-state index contributed by atoms with van der Waals surface area (Å²) < 4.78 is 1.11. The van der Waals surface area contributed by atoms with Crippen molar-refractivity contribution >= 4 is 27.5 Å². The average molecular weight is 460 g/mol. The molecule has 2 heteroatoms. The Kier molecular flexibility index (Phi) is 4.81. The van der Waals surface area contributed by atoms with Crippen LogP contribution in [-0.2, 0) is 18.3 Å². The number of halogens is 2. The molecule has 1 aliphatic carbocycles. The van der Waals surface area contributed by atoms with Gasteiger partial charge in [-0.2, -0.15) is 0 Å². The first kappa shape index (κ1) is 18.7. The molecule has 0 amide bonds. The topological polar surface area (TPSA) is 0 Å². The predicted octanol–water partition coefficient (Wildman–Crippen LogP) is 7.85. The summed E-state index contributed by atoms with van der Waals surface area (Å²) in [5.74, 6) is 0. The molecule has 0 fully saturated rings. The summed E-state index contributed by atoms with van der Waals surface area (Å²) in [6.45, 7) is 0. The number of rotatable bonds is 4. The zero-order chi connectivity index (χ0) is 19.8. The zero-order valence-corrected chi connectivity index (χ0v) is 18.2. The molecule has 0 saturated carbocycles. The van der Waals surface area contributed by atoms with E-state index in [1.54, 1.807) is 0 Å². The Morgan fingerprint density at radius 1 is 0.621 bits per heavy atom. The highest BCUT2D eigenvalue weighted by atomic mass is 79.9. The van der Waals surface area contributed by atoms with Crippen LogP contribution in [0.15, 0.2) is 102 Å². The van der Waals surface area contributed by atoms with Crippen molar-refractivity contribution in [2.75, 3.05) is 0 Å². The Balaban J connectivity index is 1.79. The summed E-state index contributed by atoms with van der Waals surface area (Å²) in [5.41, 5.74) is 7.81. The maximum absolute atomic E-state index is 6.52. The minimum absolute atomic E-state index is 0.165. The molecule has 142 valence electrons. The first-order valence-electron chi connectivity index (χ1n) is 9.84. The van der Waals surface area contributed by atoms with Crippen LogP contribution in [0.1, 0.15) is 22.3 Å². The Hall–Kier alpha value is -2.35. The maximum atomic E-state index is 6.52. The molecule has 0 unspecified atom stereocenters. The van der Waals surface area contributed by atoms with Gasteiger partial charge in [-0.25, -0.2) is 0 Å². The van der Waals surface area contributed by atoms with Gasteiger partial charge < -0.3 is 0 Å². The van der Waals surface area contributed by atoms with E-state index in [1.165, 1.54) is 33.4 Å². The molecular formula is C27H20BrCl. The monoisotopic (exact) mass is 458 g/mol. The van der Waals surface area contributed by atoms with E-state index in [9.17, 15) is 0 Å². The van der Waals surface area contributed by atoms with Gasteiger partial charge >= 0.3 is 0 Å². The molecular weight excluding hydrogens is 440 g/mol. The lowest BCUT2D eigenvalue weighted by Gasteiger charge is -2.33. The third kappa shape index (κ3) is 3.33. The van der Waals surface area contributed by atoms with Gasteiger partial charge in [0.15, 0.2) is 0 Å². The first-order valence-corrected chi connectivity index (χ1v) is 11.0. The Bertz CT molecular complexity index is 1070. The summed E-state index contributed by atoms with van der Waals surface area (Å²) in [7, 11) is 0. The minimum atomic E-state index is -0.165. The van der Waals surface area contributed by atoms with Gasteiger partial charge in [0.2, 0.25) is 0 Å². The molecule has 0 spiro atoms. The highest BCUT2D eigenvalue weighted by Gasteiger charge is 2.43. The van der Waals surface area contributed by atoms with Crippen LogP contribution < -0.4 is 0 Å². The third-order valence-electron chi connectivity index (χ3n) is 5.98. The predicted molar refractivity (Wildman–Crippen MR) is 126 cm³/mol. The van der Waals surface area contributed by atoms with Crippen molar-refractivity contribution in [3.8, 4) is 11.1 Å². The molecule has 29 heavy (non-hydrogen) atoms. The maximum Gasteiger partial charge on any atom is 0.0409 e. The van der Waals surface area contributed by atoms with Crippen molar-refractivity contribution in [1.82, 2.24) is 0 Å². The van der Waals surface area contributed by atoms with E-state index in [2.05, 4.69) is 107 Å². The molecule has 1 aliphatic rings. The smallest absolute Gasteiger partial charge is 0.0409 e. The lowest BCUT2D eigenvalue weighted by Crippen LogP contribution is -2.31. The van der Waals surface area contributed by atoms with E-state index < -0.39 is 0 Å². The Labute approximate surface area is 185 Å². The highest BCUT2D eigenvalue weighted by molar-refractivity contribution is 9.10. The van der Waals surface area contributed by atoms with Gasteiger partial charge in [0.25, 0.3) is 0 Å². The van der Waals surface area contributed by atoms with E-state index in [0.717, 1.165) is 22.3 Å². The van der Waals surface area contributed by atoms with Crippen LogP contribution in [0.25, 0.3) is 11.1 Å². The fourth-order valence-corrected chi connectivity index (χ4v) is 5.30. The fourth-order valence-electron chi connectivity index (χ4n) is 4.77. The van der Waals surface area contributed by atoms with Crippen molar-refractivity contribution in [2.45, 2.75) is 18.3 Å². The number of hydrogen-bond acceptors (Lipinski definition) is 0. The molecule has 5 rings (SSSR count). The molecule has 0 aromatic heterocycles. The van der Waals surface area contributed by atoms with Crippen molar-refractivity contribution in [3.63, 3.8) is 0 Å². The normalized spacial score (nSPS) is 13.7. The van der Waals surface area contributed by atoms with Crippen LogP contribution in [0.3, 0.4) is 0 Å². The van der Waals surface area contributed by atoms with Gasteiger partial charge in [0.05, 0.1) is 0 Å². The van der Waals surface area contributed by atoms with Gasteiger partial charge in [-0.05, 0) is 70.5 Å². The summed E-state index contributed by atoms with van der Waals surface area (Å²) in [6.07, 6.45) is 1.86. The largest absolute Gasteiger partial charge is 0.0843 e. The molecule has 0 saturated heterocycles. The summed E-state index contributed by atoms with van der Waals surface area (Å²) in [5, 5.41) is 0.793. The van der Waals surface area contributed by atoms with E-state index in [-0.39, 0.29) is 5.41 Å². The Morgan fingerprint density at radius 2 is 1.14 bits per heavy atom. The van der Waals surface area contributed by atoms with E-state index in [1.807, 2.05) is 6.07 Å². The van der Waals surface area contributed by atoms with Crippen molar-refractivity contribution in [2.24, 2.45) is 0 Å². The van der Waals surface area contributed by atoms with Gasteiger partial charge in [0, 0.05) is 14.9 Å². The first-order chi connectivity index (χ1) is 14.2. The molecule has 4 aromatic carbocycles. The second kappa shape index (κ2) is 7.48. The number of fused-ring (bicyclic) bond motifs is 3. The lowest BCUT2D eigenvalue weighted by atomic mass is 9.69. The standard InChI is InChI=1S/C27H20BrCl/c28-21-11-13-23-24-14-12-22(29)16-26(24)27(25(23)15-21,17-19-7-3-1-4-8-19)18-20-9-5-2-6-10-20/h1-16H,17-18H2. The molecule has 0 N–H and O–H groups in total. The summed E-state index contributed by atoms with van der Waals surface area (Å²) >= 11 is 10.2. The van der Waals surface area contributed by atoms with Crippen LogP contribution in [0.2, 0.25) is 5.02 Å². The quantitative estimate of drug-likeness (QED) is 0.291. The van der Waals surface area contributed by atoms with Crippen molar-refractivity contribution in [3.05, 3.63) is 129 Å². The summed E-state index contributed by atoms with van der Waals surface area (Å²) in [6, 6.07) is 34.6. The van der Waals surface area contributed by atoms with Crippen LogP contribution in [0.4, 0.5) is 0 Å². The molecule has 0 heterocycles. The number of benzene rings is 4.